The van der Waals surface area contributed by atoms with E-state index in [1.54, 1.807) is 0 Å². The SMILES string of the molecule is COC(=O)C=CC(CO)S(=O)O. The van der Waals surface area contributed by atoms with E-state index in [-0.39, 0.29) is 0 Å². The van der Waals surface area contributed by atoms with Crippen LogP contribution in [0.15, 0.2) is 12.2 Å². The number of methoxy groups -OCH3 is 1. The van der Waals surface area contributed by atoms with Crippen LogP contribution < -0.4 is 0 Å². The summed E-state index contributed by atoms with van der Waals surface area (Å²) >= 11 is -2.17. The molecule has 70 valence electrons. The molecule has 0 amide bonds. The van der Waals surface area contributed by atoms with Gasteiger partial charge in [-0.15, -0.1) is 0 Å². The molecule has 6 heteroatoms. The summed E-state index contributed by atoms with van der Waals surface area (Å²) in [4.78, 5) is 10.5. The van der Waals surface area contributed by atoms with Gasteiger partial charge < -0.3 is 14.4 Å². The number of esters is 1. The molecule has 0 aliphatic rings. The molecule has 0 radical (unpaired) electrons. The quantitative estimate of drug-likeness (QED) is 0.351. The average molecular weight is 194 g/mol. The molecule has 0 aromatic rings. The van der Waals surface area contributed by atoms with Gasteiger partial charge in [-0.1, -0.05) is 6.08 Å². The fourth-order valence-electron chi connectivity index (χ4n) is 0.446. The molecular weight excluding hydrogens is 184 g/mol. The zero-order valence-electron chi connectivity index (χ0n) is 6.47. The summed E-state index contributed by atoms with van der Waals surface area (Å²) in [5.41, 5.74) is 0. The number of rotatable bonds is 4. The first-order chi connectivity index (χ1) is 5.61. The molecule has 5 nitrogen and oxygen atoms in total. The molecule has 2 N–H and O–H groups in total. The minimum atomic E-state index is -2.17. The molecule has 0 bridgehead atoms. The van der Waals surface area contributed by atoms with Gasteiger partial charge in [0.2, 0.25) is 0 Å². The number of hydrogen-bond donors (Lipinski definition) is 2. The van der Waals surface area contributed by atoms with Gasteiger partial charge in [0, 0.05) is 6.08 Å². The zero-order chi connectivity index (χ0) is 9.56. The molecule has 0 aliphatic heterocycles. The highest BCUT2D eigenvalue weighted by Gasteiger charge is 2.09. The molecule has 0 spiro atoms. The van der Waals surface area contributed by atoms with Gasteiger partial charge in [0.1, 0.15) is 5.25 Å². The fourth-order valence-corrected chi connectivity index (χ4v) is 0.786. The minimum Gasteiger partial charge on any atom is -0.466 e. The van der Waals surface area contributed by atoms with Crippen molar-refractivity contribution in [3.8, 4) is 0 Å². The van der Waals surface area contributed by atoms with Crippen LogP contribution in [0.1, 0.15) is 0 Å². The normalized spacial score (nSPS) is 15.9. The van der Waals surface area contributed by atoms with Crippen molar-refractivity contribution in [2.75, 3.05) is 13.7 Å². The molecule has 0 saturated heterocycles. The van der Waals surface area contributed by atoms with Gasteiger partial charge in [-0.2, -0.15) is 0 Å². The van der Waals surface area contributed by atoms with Crippen LogP contribution in [0.4, 0.5) is 0 Å². The third kappa shape index (κ3) is 4.22. The van der Waals surface area contributed by atoms with Crippen LogP contribution >= 0.6 is 0 Å². The maximum Gasteiger partial charge on any atom is 0.330 e. The Morgan fingerprint density at radius 2 is 2.33 bits per heavy atom. The fraction of sp³-hybridized carbons (Fsp3) is 0.500. The summed E-state index contributed by atoms with van der Waals surface area (Å²) < 4.78 is 23.1. The molecule has 0 aromatic carbocycles. The van der Waals surface area contributed by atoms with E-state index in [2.05, 4.69) is 4.74 Å². The zero-order valence-corrected chi connectivity index (χ0v) is 7.28. The number of aliphatic hydroxyl groups is 1. The highest BCUT2D eigenvalue weighted by Crippen LogP contribution is 1.95. The second-order valence-corrected chi connectivity index (χ2v) is 3.04. The summed E-state index contributed by atoms with van der Waals surface area (Å²) in [6, 6.07) is 0. The van der Waals surface area contributed by atoms with Crippen molar-refractivity contribution < 1.29 is 23.4 Å². The number of aliphatic hydroxyl groups excluding tert-OH is 1. The van der Waals surface area contributed by atoms with Crippen LogP contribution in [0.3, 0.4) is 0 Å². The van der Waals surface area contributed by atoms with Crippen molar-refractivity contribution in [1.82, 2.24) is 0 Å². The lowest BCUT2D eigenvalue weighted by Gasteiger charge is -2.01. The molecular formula is C6H10O5S. The highest BCUT2D eigenvalue weighted by atomic mass is 32.2. The van der Waals surface area contributed by atoms with Crippen LogP contribution in [0.2, 0.25) is 0 Å². The van der Waals surface area contributed by atoms with E-state index >= 15 is 0 Å². The molecule has 0 rings (SSSR count). The van der Waals surface area contributed by atoms with Crippen LogP contribution in [-0.2, 0) is 20.6 Å². The van der Waals surface area contributed by atoms with E-state index in [0.29, 0.717) is 0 Å². The smallest absolute Gasteiger partial charge is 0.330 e. The highest BCUT2D eigenvalue weighted by molar-refractivity contribution is 7.80. The Bertz CT molecular complexity index is 200. The molecule has 12 heavy (non-hydrogen) atoms. The van der Waals surface area contributed by atoms with Gasteiger partial charge in [-0.05, 0) is 0 Å². The summed E-state index contributed by atoms with van der Waals surface area (Å²) in [5, 5.41) is 7.58. The van der Waals surface area contributed by atoms with Crippen LogP contribution in [0.25, 0.3) is 0 Å². The number of hydrogen-bond acceptors (Lipinski definition) is 4. The topological polar surface area (TPSA) is 83.8 Å². The second kappa shape index (κ2) is 5.87. The molecule has 0 saturated carbocycles. The standard InChI is InChI=1S/C6H10O5S/c1-11-6(8)3-2-5(4-7)12(9)10/h2-3,5,7H,4H2,1H3,(H,9,10). The summed E-state index contributed by atoms with van der Waals surface area (Å²) in [7, 11) is 1.19. The van der Waals surface area contributed by atoms with Gasteiger partial charge in [0.25, 0.3) is 0 Å². The first-order valence-electron chi connectivity index (χ1n) is 3.08. The van der Waals surface area contributed by atoms with Crippen molar-refractivity contribution in [3.63, 3.8) is 0 Å². The van der Waals surface area contributed by atoms with E-state index in [0.717, 1.165) is 12.2 Å². The first-order valence-corrected chi connectivity index (χ1v) is 4.25. The monoisotopic (exact) mass is 194 g/mol. The molecule has 0 heterocycles. The van der Waals surface area contributed by atoms with Gasteiger partial charge in [0.15, 0.2) is 11.1 Å². The first kappa shape index (κ1) is 11.3. The Morgan fingerprint density at radius 3 is 2.67 bits per heavy atom. The van der Waals surface area contributed by atoms with Crippen LogP contribution in [0.5, 0.6) is 0 Å². The van der Waals surface area contributed by atoms with Crippen molar-refractivity contribution in [2.45, 2.75) is 5.25 Å². The van der Waals surface area contributed by atoms with Crippen molar-refractivity contribution in [3.05, 3.63) is 12.2 Å². The average Bonchev–Trinajstić information content (AvgIpc) is 2.04. The summed E-state index contributed by atoms with van der Waals surface area (Å²) in [5.74, 6) is -0.626. The Morgan fingerprint density at radius 1 is 1.75 bits per heavy atom. The molecule has 0 aromatic heterocycles. The summed E-state index contributed by atoms with van der Waals surface area (Å²) in [6.07, 6.45) is 2.12. The third-order valence-corrected chi connectivity index (χ3v) is 1.91. The van der Waals surface area contributed by atoms with E-state index in [4.69, 9.17) is 9.66 Å². The van der Waals surface area contributed by atoms with E-state index < -0.39 is 28.9 Å². The maximum atomic E-state index is 10.5. The van der Waals surface area contributed by atoms with Crippen molar-refractivity contribution in [2.24, 2.45) is 0 Å². The largest absolute Gasteiger partial charge is 0.466 e. The maximum absolute atomic E-state index is 10.5. The predicted octanol–water partition coefficient (Wildman–Crippen LogP) is -0.702. The van der Waals surface area contributed by atoms with Gasteiger partial charge in [-0.3, -0.25) is 0 Å². The lowest BCUT2D eigenvalue weighted by molar-refractivity contribution is -0.134. The minimum absolute atomic E-state index is 0.489. The molecule has 2 atom stereocenters. The lowest BCUT2D eigenvalue weighted by atomic mass is 10.4. The van der Waals surface area contributed by atoms with Gasteiger partial charge in [-0.25, -0.2) is 9.00 Å². The molecule has 0 fully saturated rings. The summed E-state index contributed by atoms with van der Waals surface area (Å²) in [6.45, 7) is -0.489. The van der Waals surface area contributed by atoms with E-state index in [9.17, 15) is 9.00 Å². The number of ether oxygens (including phenoxy) is 1. The lowest BCUT2D eigenvalue weighted by Crippen LogP contribution is -2.16. The Labute approximate surface area is 72.3 Å². The van der Waals surface area contributed by atoms with Crippen LogP contribution in [-0.4, -0.2) is 38.8 Å². The Kier molecular flexibility index (Phi) is 5.52. The van der Waals surface area contributed by atoms with Gasteiger partial charge >= 0.3 is 5.97 Å². The Balaban J connectivity index is 4.10. The van der Waals surface area contributed by atoms with E-state index in [1.807, 2.05) is 0 Å². The van der Waals surface area contributed by atoms with Crippen molar-refractivity contribution in [1.29, 1.82) is 0 Å². The Hall–Kier alpha value is -0.720. The molecule has 2 unspecified atom stereocenters. The molecule has 0 aliphatic carbocycles. The van der Waals surface area contributed by atoms with E-state index in [1.165, 1.54) is 7.11 Å². The van der Waals surface area contributed by atoms with Gasteiger partial charge in [0.05, 0.1) is 13.7 Å². The predicted molar refractivity (Wildman–Crippen MR) is 42.8 cm³/mol. The number of carbonyl (C=O) groups excluding carboxylic acids is 1. The second-order valence-electron chi connectivity index (χ2n) is 1.88. The third-order valence-electron chi connectivity index (χ3n) is 1.09. The van der Waals surface area contributed by atoms with Crippen LogP contribution in [0, 0.1) is 0 Å². The van der Waals surface area contributed by atoms with Crippen molar-refractivity contribution >= 4 is 17.0 Å². The number of carbonyl (C=O) groups is 1.